The van der Waals surface area contributed by atoms with Crippen LogP contribution in [0.1, 0.15) is 37.9 Å². The van der Waals surface area contributed by atoms with Crippen molar-refractivity contribution in [3.63, 3.8) is 0 Å². The van der Waals surface area contributed by atoms with E-state index in [2.05, 4.69) is 29.3 Å². The fraction of sp³-hybridized carbons (Fsp3) is 0.320. The van der Waals surface area contributed by atoms with Crippen LogP contribution < -0.4 is 10.6 Å². The molecule has 0 aliphatic heterocycles. The number of para-hydroxylation sites is 1. The lowest BCUT2D eigenvalue weighted by Crippen LogP contribution is -2.51. The molecule has 2 rings (SSSR count). The number of aryl methyl sites for hydroxylation is 1. The topological polar surface area (TPSA) is 108 Å². The summed E-state index contributed by atoms with van der Waals surface area (Å²) < 4.78 is 5.22. The quantitative estimate of drug-likeness (QED) is 0.273. The van der Waals surface area contributed by atoms with Crippen molar-refractivity contribution in [1.82, 2.24) is 10.2 Å². The Morgan fingerprint density at radius 2 is 1.76 bits per heavy atom. The Labute approximate surface area is 205 Å². The second kappa shape index (κ2) is 11.5. The van der Waals surface area contributed by atoms with E-state index in [4.69, 9.17) is 11.2 Å². The zero-order valence-corrected chi connectivity index (χ0v) is 20.4. The summed E-state index contributed by atoms with van der Waals surface area (Å²) in [5.41, 5.74) is 0.963. The minimum absolute atomic E-state index is 0.0137. The molecule has 180 valence electrons. The molecule has 0 bridgehead atoms. The fourth-order valence-corrected chi connectivity index (χ4v) is 3.30. The summed E-state index contributed by atoms with van der Waals surface area (Å²) in [6.07, 6.45) is 4.87. The molecule has 0 heterocycles. The summed E-state index contributed by atoms with van der Waals surface area (Å²) in [7, 11) is 0. The van der Waals surface area contributed by atoms with Crippen molar-refractivity contribution in [2.45, 2.75) is 45.4 Å². The van der Waals surface area contributed by atoms with Crippen LogP contribution in [0.15, 0.2) is 48.5 Å². The molecule has 0 fully saturated rings. The van der Waals surface area contributed by atoms with Crippen LogP contribution in [0.25, 0.3) is 0 Å². The normalized spacial score (nSPS) is 12.6. The Bertz CT molecular complexity index is 1070. The van der Waals surface area contributed by atoms with E-state index in [1.165, 1.54) is 24.3 Å². The van der Waals surface area contributed by atoms with Gasteiger partial charge in [-0.2, -0.15) is 12.6 Å². The second-order valence-corrected chi connectivity index (χ2v) is 8.88. The first-order valence-electron chi connectivity index (χ1n) is 10.5. The highest BCUT2D eigenvalue weighted by Gasteiger charge is 2.35. The molecule has 0 aliphatic carbocycles. The van der Waals surface area contributed by atoms with Gasteiger partial charge in [-0.1, -0.05) is 36.8 Å². The van der Waals surface area contributed by atoms with Crippen LogP contribution in [-0.4, -0.2) is 45.3 Å². The van der Waals surface area contributed by atoms with Gasteiger partial charge in [-0.15, -0.1) is 0 Å². The number of anilines is 1. The smallest absolute Gasteiger partial charge is 0.408 e. The lowest BCUT2D eigenvalue weighted by atomic mass is 10.0. The van der Waals surface area contributed by atoms with Crippen LogP contribution in [0.4, 0.5) is 10.5 Å². The van der Waals surface area contributed by atoms with Gasteiger partial charge in [-0.05, 0) is 57.0 Å². The molecule has 2 atom stereocenters. The van der Waals surface area contributed by atoms with E-state index in [0.717, 1.165) is 10.5 Å². The zero-order chi connectivity index (χ0) is 25.5. The number of thiol groups is 1. The molecule has 0 saturated carbocycles. The monoisotopic (exact) mass is 483 g/mol. The number of aromatic hydroxyl groups is 1. The van der Waals surface area contributed by atoms with Gasteiger partial charge in [0.15, 0.2) is 0 Å². The molecule has 0 aromatic heterocycles. The van der Waals surface area contributed by atoms with Crippen molar-refractivity contribution < 1.29 is 24.2 Å². The highest BCUT2D eigenvalue weighted by Crippen LogP contribution is 2.26. The Kier molecular flexibility index (Phi) is 8.98. The minimum Gasteiger partial charge on any atom is -0.508 e. The molecule has 0 aliphatic rings. The summed E-state index contributed by atoms with van der Waals surface area (Å²) in [6, 6.07) is 12.8. The molecule has 3 N–H and O–H groups in total. The van der Waals surface area contributed by atoms with Crippen LogP contribution in [-0.2, 0) is 14.3 Å². The van der Waals surface area contributed by atoms with E-state index in [1.807, 2.05) is 19.1 Å². The summed E-state index contributed by atoms with van der Waals surface area (Å²) in [4.78, 5) is 39.9. The number of phenolic OH excluding ortho intramolecular Hbond substituents is 1. The van der Waals surface area contributed by atoms with Crippen LogP contribution in [0.2, 0.25) is 0 Å². The first-order valence-corrected chi connectivity index (χ1v) is 11.1. The molecule has 9 heteroatoms. The summed E-state index contributed by atoms with van der Waals surface area (Å²) in [5, 5.41) is 14.9. The van der Waals surface area contributed by atoms with E-state index in [9.17, 15) is 19.5 Å². The molecule has 0 spiro atoms. The lowest BCUT2D eigenvalue weighted by Gasteiger charge is -2.30. The van der Waals surface area contributed by atoms with E-state index in [-0.39, 0.29) is 11.5 Å². The third-order valence-corrected chi connectivity index (χ3v) is 5.03. The van der Waals surface area contributed by atoms with E-state index < -0.39 is 35.6 Å². The number of hydrogen-bond acceptors (Lipinski definition) is 6. The average molecular weight is 484 g/mol. The molecular formula is C25H29N3O5S. The molecular weight excluding hydrogens is 454 g/mol. The predicted octanol–water partition coefficient (Wildman–Crippen LogP) is 3.62. The second-order valence-electron chi connectivity index (χ2n) is 8.52. The first kappa shape index (κ1) is 26.6. The minimum atomic E-state index is -1.25. The molecule has 0 saturated heterocycles. The zero-order valence-electron chi connectivity index (χ0n) is 19.5. The van der Waals surface area contributed by atoms with Crippen LogP contribution >= 0.6 is 12.6 Å². The molecule has 2 aromatic rings. The van der Waals surface area contributed by atoms with Crippen molar-refractivity contribution in [3.05, 3.63) is 59.7 Å². The largest absolute Gasteiger partial charge is 0.508 e. The van der Waals surface area contributed by atoms with E-state index >= 15 is 0 Å². The van der Waals surface area contributed by atoms with Gasteiger partial charge in [0, 0.05) is 17.5 Å². The molecule has 0 radical (unpaired) electrons. The average Bonchev–Trinajstić information content (AvgIpc) is 2.76. The van der Waals surface area contributed by atoms with E-state index in [0.29, 0.717) is 11.3 Å². The standard InChI is InChI=1S/C25H29N3O5S/c1-6-28(23(31)20(15-34)27-24(32)33-25(3,4)5)21(17-11-13-18(29)14-12-17)22(30)26-19-10-8-7-9-16(19)2/h1,7-14,20-21,29,34H,15H2,2-5H3,(H,26,30)(H,27,32). The number of phenols is 1. The van der Waals surface area contributed by atoms with Crippen molar-refractivity contribution in [2.24, 2.45) is 0 Å². The number of terminal acetylenes is 1. The third kappa shape index (κ3) is 7.18. The van der Waals surface area contributed by atoms with Crippen molar-refractivity contribution in [1.29, 1.82) is 0 Å². The van der Waals surface area contributed by atoms with Crippen LogP contribution in [0.3, 0.4) is 0 Å². The molecule has 3 amide bonds. The van der Waals surface area contributed by atoms with Crippen molar-refractivity contribution >= 4 is 36.2 Å². The lowest BCUT2D eigenvalue weighted by molar-refractivity contribution is -0.136. The van der Waals surface area contributed by atoms with Gasteiger partial charge in [0.05, 0.1) is 0 Å². The highest BCUT2D eigenvalue weighted by molar-refractivity contribution is 7.80. The van der Waals surface area contributed by atoms with E-state index in [1.54, 1.807) is 32.9 Å². The molecule has 2 aromatic carbocycles. The first-order chi connectivity index (χ1) is 16.0. The van der Waals surface area contributed by atoms with Crippen LogP contribution in [0.5, 0.6) is 5.75 Å². The van der Waals surface area contributed by atoms with Gasteiger partial charge in [-0.3, -0.25) is 14.5 Å². The Morgan fingerprint density at radius 3 is 2.29 bits per heavy atom. The van der Waals surface area contributed by atoms with Crippen molar-refractivity contribution in [2.75, 3.05) is 11.1 Å². The van der Waals surface area contributed by atoms with Crippen LogP contribution in [0, 0.1) is 19.4 Å². The SMILES string of the molecule is C#CN(C(=O)C(CS)NC(=O)OC(C)(C)C)C(C(=O)Nc1ccccc1C)c1ccc(O)cc1. The molecule has 8 nitrogen and oxygen atoms in total. The third-order valence-electron chi connectivity index (χ3n) is 4.67. The molecule has 34 heavy (non-hydrogen) atoms. The number of nitrogens with one attached hydrogen (secondary N) is 2. The van der Waals surface area contributed by atoms with Gasteiger partial charge in [-0.25, -0.2) is 4.79 Å². The number of rotatable bonds is 7. The number of hydrogen-bond donors (Lipinski definition) is 4. The van der Waals surface area contributed by atoms with Gasteiger partial charge in [0.1, 0.15) is 23.4 Å². The predicted molar refractivity (Wildman–Crippen MR) is 133 cm³/mol. The summed E-state index contributed by atoms with van der Waals surface area (Å²) in [5.74, 6) is -1.39. The summed E-state index contributed by atoms with van der Waals surface area (Å²) >= 11 is 4.17. The number of carbonyl (C=O) groups excluding carboxylic acids is 3. The maximum absolute atomic E-state index is 13.4. The number of nitrogens with zero attached hydrogens (tertiary/aromatic N) is 1. The highest BCUT2D eigenvalue weighted by atomic mass is 32.1. The maximum Gasteiger partial charge on any atom is 0.408 e. The Morgan fingerprint density at radius 1 is 1.15 bits per heavy atom. The van der Waals surface area contributed by atoms with Crippen molar-refractivity contribution in [3.8, 4) is 18.2 Å². The fourth-order valence-electron chi connectivity index (χ4n) is 3.06. The Balaban J connectivity index is 2.40. The maximum atomic E-state index is 13.4. The number of ether oxygens (including phenoxy) is 1. The number of amides is 3. The van der Waals surface area contributed by atoms with Gasteiger partial charge in [0.25, 0.3) is 11.8 Å². The molecule has 2 unspecified atom stereocenters. The number of benzene rings is 2. The van der Waals surface area contributed by atoms with Gasteiger partial charge < -0.3 is 20.5 Å². The van der Waals surface area contributed by atoms with Gasteiger partial charge in [0.2, 0.25) is 0 Å². The summed E-state index contributed by atoms with van der Waals surface area (Å²) in [6.45, 7) is 6.90. The number of alkyl carbamates (subject to hydrolysis) is 1. The Hall–Kier alpha value is -3.64. The number of carbonyl (C=O) groups is 3. The van der Waals surface area contributed by atoms with Gasteiger partial charge >= 0.3 is 6.09 Å².